The first-order valence-electron chi connectivity index (χ1n) is 5.72. The molecule has 0 amide bonds. The Kier molecular flexibility index (Phi) is 2.61. The summed E-state index contributed by atoms with van der Waals surface area (Å²) in [7, 11) is 0. The van der Waals surface area contributed by atoms with Gasteiger partial charge < -0.3 is 0 Å². The molecule has 2 rings (SSSR count). The predicted octanol–water partition coefficient (Wildman–Crippen LogP) is 3.43. The van der Waals surface area contributed by atoms with Gasteiger partial charge in [0, 0.05) is 6.42 Å². The number of carbonyl (C=O) groups excluding carboxylic acids is 1. The lowest BCUT2D eigenvalue weighted by atomic mass is 9.67. The van der Waals surface area contributed by atoms with Crippen molar-refractivity contribution in [1.29, 1.82) is 0 Å². The average molecular weight is 220 g/mol. The van der Waals surface area contributed by atoms with Crippen molar-refractivity contribution in [2.24, 2.45) is 0 Å². The van der Waals surface area contributed by atoms with Crippen molar-refractivity contribution >= 4 is 5.78 Å². The van der Waals surface area contributed by atoms with E-state index in [4.69, 9.17) is 0 Å². The number of carbonyl (C=O) groups is 1. The quantitative estimate of drug-likeness (QED) is 0.708. The molecule has 2 atom stereocenters. The maximum absolute atomic E-state index is 13.8. The number of alkyl halides is 1. The topological polar surface area (TPSA) is 17.1 Å². The minimum Gasteiger partial charge on any atom is -0.296 e. The second-order valence-electron chi connectivity index (χ2n) is 5.22. The summed E-state index contributed by atoms with van der Waals surface area (Å²) >= 11 is 0. The highest BCUT2D eigenvalue weighted by atomic mass is 19.1. The number of benzene rings is 1. The summed E-state index contributed by atoms with van der Waals surface area (Å²) in [4.78, 5) is 11.7. The smallest absolute Gasteiger partial charge is 0.170 e. The molecule has 0 N–H and O–H groups in total. The molecular formula is C14H17FO. The minimum absolute atomic E-state index is 0.191. The number of halogens is 1. The van der Waals surface area contributed by atoms with E-state index in [2.05, 4.69) is 6.92 Å². The third kappa shape index (κ3) is 1.89. The standard InChI is InChI=1S/C14H17FO/c1-13(11-6-4-3-5-7-11)8-9-14(2,15)12(16)10-13/h3-7H,8-10H2,1-2H3. The largest absolute Gasteiger partial charge is 0.296 e. The summed E-state index contributed by atoms with van der Waals surface area (Å²) in [6.07, 6.45) is 1.37. The van der Waals surface area contributed by atoms with Gasteiger partial charge in [-0.1, -0.05) is 37.3 Å². The van der Waals surface area contributed by atoms with Crippen LogP contribution in [0, 0.1) is 0 Å². The monoisotopic (exact) mass is 220 g/mol. The Morgan fingerprint density at radius 2 is 1.75 bits per heavy atom. The zero-order valence-corrected chi connectivity index (χ0v) is 9.79. The SMILES string of the molecule is CC1(F)CCC(C)(c2ccccc2)CC1=O. The van der Waals surface area contributed by atoms with Crippen LogP contribution in [0.4, 0.5) is 4.39 Å². The van der Waals surface area contributed by atoms with Crippen LogP contribution in [0.2, 0.25) is 0 Å². The molecule has 1 aromatic carbocycles. The molecule has 1 aliphatic carbocycles. The van der Waals surface area contributed by atoms with Gasteiger partial charge in [0.2, 0.25) is 0 Å². The molecule has 0 bridgehead atoms. The van der Waals surface area contributed by atoms with Crippen LogP contribution in [-0.4, -0.2) is 11.5 Å². The molecule has 0 heterocycles. The highest BCUT2D eigenvalue weighted by Crippen LogP contribution is 2.42. The van der Waals surface area contributed by atoms with E-state index >= 15 is 0 Å². The van der Waals surface area contributed by atoms with Crippen LogP contribution in [0.3, 0.4) is 0 Å². The van der Waals surface area contributed by atoms with Gasteiger partial charge in [0.05, 0.1) is 0 Å². The molecule has 1 nitrogen and oxygen atoms in total. The maximum Gasteiger partial charge on any atom is 0.170 e. The summed E-state index contributed by atoms with van der Waals surface area (Å²) in [5.41, 5.74) is -0.669. The van der Waals surface area contributed by atoms with Gasteiger partial charge >= 0.3 is 0 Å². The molecule has 1 saturated carbocycles. The van der Waals surface area contributed by atoms with Gasteiger partial charge in [-0.05, 0) is 30.7 Å². The Labute approximate surface area is 95.7 Å². The molecule has 1 fully saturated rings. The van der Waals surface area contributed by atoms with E-state index in [-0.39, 0.29) is 11.2 Å². The fourth-order valence-corrected chi connectivity index (χ4v) is 2.36. The van der Waals surface area contributed by atoms with Crippen molar-refractivity contribution in [3.63, 3.8) is 0 Å². The Bertz CT molecular complexity index is 396. The third-order valence-corrected chi connectivity index (χ3v) is 3.75. The van der Waals surface area contributed by atoms with E-state index in [0.29, 0.717) is 12.8 Å². The van der Waals surface area contributed by atoms with Crippen LogP contribution in [0.15, 0.2) is 30.3 Å². The second-order valence-corrected chi connectivity index (χ2v) is 5.22. The first-order valence-corrected chi connectivity index (χ1v) is 5.72. The van der Waals surface area contributed by atoms with E-state index in [1.807, 2.05) is 30.3 Å². The van der Waals surface area contributed by atoms with Crippen molar-refractivity contribution in [1.82, 2.24) is 0 Å². The van der Waals surface area contributed by atoms with Crippen LogP contribution in [0.1, 0.15) is 38.7 Å². The number of hydrogen-bond acceptors (Lipinski definition) is 1. The molecule has 1 aromatic rings. The molecule has 2 heteroatoms. The number of Topliss-reactive ketones (excluding diaryl/α,β-unsaturated/α-hetero) is 1. The van der Waals surface area contributed by atoms with Crippen LogP contribution in [0.5, 0.6) is 0 Å². The minimum atomic E-state index is -1.62. The molecule has 86 valence electrons. The average Bonchev–Trinajstić information content (AvgIpc) is 2.26. The highest BCUT2D eigenvalue weighted by Gasteiger charge is 2.44. The third-order valence-electron chi connectivity index (χ3n) is 3.75. The molecule has 1 aliphatic rings. The van der Waals surface area contributed by atoms with Gasteiger partial charge in [-0.15, -0.1) is 0 Å². The molecular weight excluding hydrogens is 203 g/mol. The van der Waals surface area contributed by atoms with Gasteiger partial charge in [0.1, 0.15) is 0 Å². The molecule has 0 radical (unpaired) electrons. The molecule has 0 saturated heterocycles. The molecule has 0 aliphatic heterocycles. The van der Waals surface area contributed by atoms with E-state index in [0.717, 1.165) is 12.0 Å². The Morgan fingerprint density at radius 1 is 1.12 bits per heavy atom. The van der Waals surface area contributed by atoms with E-state index in [1.165, 1.54) is 6.92 Å². The first-order chi connectivity index (χ1) is 7.44. The van der Waals surface area contributed by atoms with Gasteiger partial charge in [-0.25, -0.2) is 4.39 Å². The van der Waals surface area contributed by atoms with E-state index in [1.54, 1.807) is 0 Å². The van der Waals surface area contributed by atoms with Gasteiger partial charge in [-0.2, -0.15) is 0 Å². The zero-order valence-electron chi connectivity index (χ0n) is 9.79. The molecule has 0 aromatic heterocycles. The summed E-state index contributed by atoms with van der Waals surface area (Å²) in [6, 6.07) is 9.93. The zero-order chi connectivity index (χ0) is 11.8. The maximum atomic E-state index is 13.8. The highest BCUT2D eigenvalue weighted by molar-refractivity contribution is 5.88. The predicted molar refractivity (Wildman–Crippen MR) is 62.2 cm³/mol. The number of hydrogen-bond donors (Lipinski definition) is 0. The lowest BCUT2D eigenvalue weighted by molar-refractivity contribution is -0.134. The first kappa shape index (κ1) is 11.3. The fourth-order valence-electron chi connectivity index (χ4n) is 2.36. The fraction of sp³-hybridized carbons (Fsp3) is 0.500. The van der Waals surface area contributed by atoms with Crippen molar-refractivity contribution in [3.8, 4) is 0 Å². The summed E-state index contributed by atoms with van der Waals surface area (Å²) in [5.74, 6) is -0.259. The normalized spacial score (nSPS) is 35.1. The number of ketones is 1. The summed E-state index contributed by atoms with van der Waals surface area (Å²) in [6.45, 7) is 3.45. The van der Waals surface area contributed by atoms with Crippen molar-refractivity contribution < 1.29 is 9.18 Å². The number of rotatable bonds is 1. The van der Waals surface area contributed by atoms with Crippen LogP contribution < -0.4 is 0 Å². The Hall–Kier alpha value is -1.18. The molecule has 2 unspecified atom stereocenters. The van der Waals surface area contributed by atoms with Gasteiger partial charge in [-0.3, -0.25) is 4.79 Å². The van der Waals surface area contributed by atoms with Gasteiger partial charge in [0.25, 0.3) is 0 Å². The Balaban J connectivity index is 2.27. The summed E-state index contributed by atoms with van der Waals surface area (Å²) in [5, 5.41) is 0. The van der Waals surface area contributed by atoms with E-state index in [9.17, 15) is 9.18 Å². The second kappa shape index (κ2) is 3.69. The van der Waals surface area contributed by atoms with Crippen molar-refractivity contribution in [2.75, 3.05) is 0 Å². The molecule has 0 spiro atoms. The lowest BCUT2D eigenvalue weighted by Crippen LogP contribution is -2.43. The van der Waals surface area contributed by atoms with Crippen molar-refractivity contribution in [3.05, 3.63) is 35.9 Å². The van der Waals surface area contributed by atoms with Crippen LogP contribution in [0.25, 0.3) is 0 Å². The summed E-state index contributed by atoms with van der Waals surface area (Å²) < 4.78 is 13.8. The lowest BCUT2D eigenvalue weighted by Gasteiger charge is -2.38. The molecule has 16 heavy (non-hydrogen) atoms. The van der Waals surface area contributed by atoms with Crippen LogP contribution in [-0.2, 0) is 10.2 Å². The van der Waals surface area contributed by atoms with E-state index < -0.39 is 5.67 Å². The van der Waals surface area contributed by atoms with Gasteiger partial charge in [0.15, 0.2) is 11.5 Å². The van der Waals surface area contributed by atoms with Crippen LogP contribution >= 0.6 is 0 Å². The van der Waals surface area contributed by atoms with Crippen molar-refractivity contribution in [2.45, 2.75) is 44.2 Å². The Morgan fingerprint density at radius 3 is 2.31 bits per heavy atom.